The van der Waals surface area contributed by atoms with Gasteiger partial charge in [-0.2, -0.15) is 0 Å². The first kappa shape index (κ1) is 17.0. The van der Waals surface area contributed by atoms with Gasteiger partial charge in [0.1, 0.15) is 0 Å². The van der Waals surface area contributed by atoms with E-state index in [1.165, 1.54) is 57.9 Å². The molecule has 1 rings (SSSR count). The minimum atomic E-state index is 0.506. The van der Waals surface area contributed by atoms with Gasteiger partial charge in [-0.25, -0.2) is 0 Å². The van der Waals surface area contributed by atoms with Crippen LogP contribution in [0.3, 0.4) is 0 Å². The molecule has 114 valence electrons. The van der Waals surface area contributed by atoms with Gasteiger partial charge >= 0.3 is 0 Å². The van der Waals surface area contributed by atoms with E-state index in [0.29, 0.717) is 5.41 Å². The Labute approximate surface area is 121 Å². The third-order valence-electron chi connectivity index (χ3n) is 4.83. The molecule has 1 aliphatic carbocycles. The number of nitrogens with one attached hydrogen (secondary N) is 1. The molecule has 0 bridgehead atoms. The van der Waals surface area contributed by atoms with E-state index in [0.717, 1.165) is 17.9 Å². The molecule has 0 aromatic rings. The first-order chi connectivity index (χ1) is 8.89. The predicted molar refractivity (Wildman–Crippen MR) is 86.5 cm³/mol. The zero-order chi connectivity index (χ0) is 14.3. The second-order valence-electron chi connectivity index (χ2n) is 8.11. The van der Waals surface area contributed by atoms with Crippen molar-refractivity contribution in [1.82, 2.24) is 5.32 Å². The highest BCUT2D eigenvalue weighted by molar-refractivity contribution is 4.81. The Morgan fingerprint density at radius 1 is 1.00 bits per heavy atom. The third kappa shape index (κ3) is 7.34. The lowest BCUT2D eigenvalue weighted by atomic mass is 9.76. The highest BCUT2D eigenvalue weighted by Gasteiger charge is 2.27. The molecule has 1 nitrogen and oxygen atoms in total. The van der Waals surface area contributed by atoms with Crippen molar-refractivity contribution < 1.29 is 0 Å². The molecule has 0 spiro atoms. The summed E-state index contributed by atoms with van der Waals surface area (Å²) in [7, 11) is 0. The van der Waals surface area contributed by atoms with Gasteiger partial charge in [0.15, 0.2) is 0 Å². The van der Waals surface area contributed by atoms with Crippen LogP contribution in [0.4, 0.5) is 0 Å². The molecule has 0 heterocycles. The van der Waals surface area contributed by atoms with Crippen LogP contribution in [-0.2, 0) is 0 Å². The summed E-state index contributed by atoms with van der Waals surface area (Å²) in [6.45, 7) is 13.1. The monoisotopic (exact) mass is 267 g/mol. The molecule has 2 unspecified atom stereocenters. The first-order valence-corrected chi connectivity index (χ1v) is 8.63. The van der Waals surface area contributed by atoms with Crippen LogP contribution in [0.2, 0.25) is 0 Å². The van der Waals surface area contributed by atoms with E-state index in [4.69, 9.17) is 0 Å². The average molecular weight is 268 g/mol. The molecule has 19 heavy (non-hydrogen) atoms. The summed E-state index contributed by atoms with van der Waals surface area (Å²) in [5.41, 5.74) is 0.506. The summed E-state index contributed by atoms with van der Waals surface area (Å²) < 4.78 is 0. The molecule has 1 N–H and O–H groups in total. The molecule has 0 aromatic carbocycles. The van der Waals surface area contributed by atoms with Crippen molar-refractivity contribution in [3.63, 3.8) is 0 Å². The Morgan fingerprint density at radius 2 is 1.74 bits per heavy atom. The number of unbranched alkanes of at least 4 members (excludes halogenated alkanes) is 1. The van der Waals surface area contributed by atoms with Crippen LogP contribution in [-0.4, -0.2) is 12.6 Å². The van der Waals surface area contributed by atoms with Crippen molar-refractivity contribution in [2.75, 3.05) is 6.54 Å². The lowest BCUT2D eigenvalue weighted by Crippen LogP contribution is -2.29. The van der Waals surface area contributed by atoms with Crippen LogP contribution in [0.15, 0.2) is 0 Å². The maximum absolute atomic E-state index is 3.81. The number of rotatable bonds is 6. The van der Waals surface area contributed by atoms with Crippen LogP contribution in [0, 0.1) is 17.3 Å². The Bertz CT molecular complexity index is 226. The van der Waals surface area contributed by atoms with Gasteiger partial charge in [0, 0.05) is 6.04 Å². The van der Waals surface area contributed by atoms with Crippen LogP contribution < -0.4 is 5.32 Å². The topological polar surface area (TPSA) is 12.0 Å². The predicted octanol–water partition coefficient (Wildman–Crippen LogP) is 5.40. The molecule has 0 amide bonds. The maximum Gasteiger partial charge on any atom is 0.00671 e. The van der Waals surface area contributed by atoms with E-state index < -0.39 is 0 Å². The zero-order valence-corrected chi connectivity index (χ0v) is 14.1. The smallest absolute Gasteiger partial charge is 0.00671 e. The van der Waals surface area contributed by atoms with Crippen molar-refractivity contribution in [3.8, 4) is 0 Å². The Morgan fingerprint density at radius 3 is 2.37 bits per heavy atom. The van der Waals surface area contributed by atoms with Gasteiger partial charge in [-0.15, -0.1) is 0 Å². The fourth-order valence-electron chi connectivity index (χ4n) is 3.36. The fourth-order valence-corrected chi connectivity index (χ4v) is 3.36. The molecule has 0 saturated heterocycles. The number of hydrogen-bond acceptors (Lipinski definition) is 1. The quantitative estimate of drug-likeness (QED) is 0.502. The third-order valence-corrected chi connectivity index (χ3v) is 4.83. The van der Waals surface area contributed by atoms with E-state index in [-0.39, 0.29) is 0 Å². The lowest BCUT2D eigenvalue weighted by molar-refractivity contribution is 0.213. The minimum Gasteiger partial charge on any atom is -0.314 e. The maximum atomic E-state index is 3.81. The van der Waals surface area contributed by atoms with Gasteiger partial charge in [0.25, 0.3) is 0 Å². The van der Waals surface area contributed by atoms with Crippen molar-refractivity contribution in [2.45, 2.75) is 92.0 Å². The van der Waals surface area contributed by atoms with E-state index in [2.05, 4.69) is 39.9 Å². The van der Waals surface area contributed by atoms with E-state index in [9.17, 15) is 0 Å². The second kappa shape index (κ2) is 8.29. The summed E-state index contributed by atoms with van der Waals surface area (Å²) in [5.74, 6) is 1.80. The van der Waals surface area contributed by atoms with Gasteiger partial charge in [-0.3, -0.25) is 0 Å². The molecule has 0 aliphatic heterocycles. The van der Waals surface area contributed by atoms with Gasteiger partial charge in [-0.1, -0.05) is 53.9 Å². The molecule has 1 aliphatic rings. The minimum absolute atomic E-state index is 0.506. The SMILES string of the molecule is CC(C)CCCCNC1CCCC(C(C)(C)C)CC1. The summed E-state index contributed by atoms with van der Waals surface area (Å²) in [6, 6.07) is 0.798. The molecular formula is C18H37N. The Hall–Kier alpha value is -0.0400. The fraction of sp³-hybridized carbons (Fsp3) is 1.00. The van der Waals surface area contributed by atoms with Crippen molar-refractivity contribution >= 4 is 0 Å². The van der Waals surface area contributed by atoms with Crippen molar-refractivity contribution in [2.24, 2.45) is 17.3 Å². The first-order valence-electron chi connectivity index (χ1n) is 8.63. The molecule has 1 heteroatoms. The van der Waals surface area contributed by atoms with E-state index in [1.807, 2.05) is 0 Å². The largest absolute Gasteiger partial charge is 0.314 e. The molecular weight excluding hydrogens is 230 g/mol. The normalized spacial score (nSPS) is 25.6. The molecule has 1 fully saturated rings. The van der Waals surface area contributed by atoms with E-state index >= 15 is 0 Å². The average Bonchev–Trinajstić information content (AvgIpc) is 2.53. The van der Waals surface area contributed by atoms with Crippen LogP contribution >= 0.6 is 0 Å². The van der Waals surface area contributed by atoms with Gasteiger partial charge < -0.3 is 5.32 Å². The van der Waals surface area contributed by atoms with Gasteiger partial charge in [0.05, 0.1) is 0 Å². The van der Waals surface area contributed by atoms with Gasteiger partial charge in [0.2, 0.25) is 0 Å². The van der Waals surface area contributed by atoms with Crippen molar-refractivity contribution in [3.05, 3.63) is 0 Å². The molecule has 0 aromatic heterocycles. The summed E-state index contributed by atoms with van der Waals surface area (Å²) >= 11 is 0. The standard InChI is InChI=1S/C18H37N/c1-15(2)9-6-7-14-19-17-11-8-10-16(12-13-17)18(3,4)5/h15-17,19H,6-14H2,1-5H3. The Kier molecular flexibility index (Phi) is 7.42. The molecule has 1 saturated carbocycles. The van der Waals surface area contributed by atoms with Crippen LogP contribution in [0.25, 0.3) is 0 Å². The summed E-state index contributed by atoms with van der Waals surface area (Å²) in [6.07, 6.45) is 11.2. The Balaban J connectivity index is 2.15. The van der Waals surface area contributed by atoms with E-state index in [1.54, 1.807) is 0 Å². The molecule has 2 atom stereocenters. The number of hydrogen-bond donors (Lipinski definition) is 1. The van der Waals surface area contributed by atoms with Gasteiger partial charge in [-0.05, 0) is 55.9 Å². The zero-order valence-electron chi connectivity index (χ0n) is 14.1. The molecule has 0 radical (unpaired) electrons. The summed E-state index contributed by atoms with van der Waals surface area (Å²) in [4.78, 5) is 0. The van der Waals surface area contributed by atoms with Crippen molar-refractivity contribution in [1.29, 1.82) is 0 Å². The van der Waals surface area contributed by atoms with Crippen LogP contribution in [0.5, 0.6) is 0 Å². The second-order valence-corrected chi connectivity index (χ2v) is 8.11. The highest BCUT2D eigenvalue weighted by atomic mass is 14.9. The summed E-state index contributed by atoms with van der Waals surface area (Å²) in [5, 5.41) is 3.81. The lowest BCUT2D eigenvalue weighted by Gasteiger charge is -2.29. The highest BCUT2D eigenvalue weighted by Crippen LogP contribution is 2.36. The van der Waals surface area contributed by atoms with Crippen LogP contribution in [0.1, 0.15) is 86.0 Å².